The fourth-order valence-electron chi connectivity index (χ4n) is 18.5. The summed E-state index contributed by atoms with van der Waals surface area (Å²) in [5.74, 6) is 2.03. The van der Waals surface area contributed by atoms with Crippen LogP contribution in [0, 0.1) is 0 Å². The van der Waals surface area contributed by atoms with Crippen LogP contribution in [-0.2, 0) is 0 Å². The minimum atomic E-state index is 0.669. The average Bonchev–Trinajstić information content (AvgIpc) is 1.65. The van der Waals surface area contributed by atoms with Crippen molar-refractivity contribution in [3.8, 4) is 224 Å². The Labute approximate surface area is 841 Å². The Balaban J connectivity index is 0.000000120. The molecule has 25 aromatic rings. The lowest BCUT2D eigenvalue weighted by Crippen LogP contribution is -1.96. The third kappa shape index (κ3) is 20.2. The maximum atomic E-state index is 6.39. The molecule has 25 rings (SSSR count). The predicted octanol–water partition coefficient (Wildman–Crippen LogP) is 34.2. The van der Waals surface area contributed by atoms with Crippen LogP contribution in [0.1, 0.15) is 0 Å². The summed E-state index contributed by atoms with van der Waals surface area (Å²) >= 11 is 0. The molecule has 0 N–H and O–H groups in total. The zero-order valence-electron chi connectivity index (χ0n) is 78.8. The maximum absolute atomic E-state index is 6.39. The first kappa shape index (κ1) is 89.3. The van der Waals surface area contributed by atoms with Crippen LogP contribution in [0.4, 0.5) is 0 Å². The summed E-state index contributed by atoms with van der Waals surface area (Å²) in [5, 5.41) is 2.23. The second-order valence-corrected chi connectivity index (χ2v) is 35.5. The molecule has 17 aromatic carbocycles. The molecule has 0 aliphatic carbocycles. The molecule has 11 heteroatoms. The normalized spacial score (nSPS) is 11.0. The number of furan rings is 1. The monoisotopic (exact) mass is 1850 g/mol. The lowest BCUT2D eigenvalue weighted by Gasteiger charge is -2.12. The van der Waals surface area contributed by atoms with Gasteiger partial charge in [-0.15, -0.1) is 0 Å². The van der Waals surface area contributed by atoms with E-state index in [1.54, 1.807) is 24.8 Å². The lowest BCUT2D eigenvalue weighted by molar-refractivity contribution is 0.670. The summed E-state index contributed by atoms with van der Waals surface area (Å²) in [7, 11) is 0. The zero-order chi connectivity index (χ0) is 96.8. The Morgan fingerprint density at radius 2 is 0.338 bits per heavy atom. The van der Waals surface area contributed by atoms with Crippen molar-refractivity contribution < 1.29 is 4.42 Å². The highest BCUT2D eigenvalue weighted by Gasteiger charge is 2.21. The summed E-state index contributed by atoms with van der Waals surface area (Å²) in [6.07, 6.45) is 14.7. The molecule has 0 saturated heterocycles. The van der Waals surface area contributed by atoms with Crippen LogP contribution in [0.25, 0.3) is 246 Å². The van der Waals surface area contributed by atoms with Crippen molar-refractivity contribution in [3.63, 3.8) is 0 Å². The molecular formula is C134H90N10O. The van der Waals surface area contributed by atoms with Gasteiger partial charge >= 0.3 is 0 Å². The van der Waals surface area contributed by atoms with Crippen LogP contribution in [0.2, 0.25) is 0 Å². The van der Waals surface area contributed by atoms with Crippen LogP contribution >= 0.6 is 0 Å². The number of para-hydroxylation sites is 2. The Morgan fingerprint density at radius 1 is 0.131 bits per heavy atom. The first-order chi connectivity index (χ1) is 71.8. The van der Waals surface area contributed by atoms with Crippen molar-refractivity contribution in [3.05, 3.63) is 547 Å². The standard InChI is InChI=1S/C45H29N3O.C45H31N3.C44H30N4/c1-2-9-30(10-3-1)31-18-22-33(23-19-31)41-28-42(48-45(47-41)34-24-20-32(21-25-34)37-13-8-26-46-29-37)36-12-6-11-35(27-36)38-15-7-16-40-39-14-4-5-17-43(39)49-44(38)40;1-3-10-32(11-4-1)34-19-23-36(24-20-34)43-30-44(48-45(47-43)37-25-21-35(22-26-37)42-18-9-27-46-31-42)41-17-8-16-40(29-41)39-15-7-14-38(28-39)33-12-5-2-6-13-33;1-2-8-31(9-3-1)32-16-20-34(21-17-32)42-28-43(48-44(47-42)35-22-18-33(19-23-35)40-14-6-24-45-29-40)39-13-5-11-37(27-39)36-10-4-12-38(26-36)41-15-7-25-46-30-41/h1-29H;1-31H;1-30H. The summed E-state index contributed by atoms with van der Waals surface area (Å²) in [6.45, 7) is 0. The Bertz CT molecular complexity index is 8180. The highest BCUT2D eigenvalue weighted by molar-refractivity contribution is 6.10. The largest absolute Gasteiger partial charge is 0.455 e. The van der Waals surface area contributed by atoms with Crippen molar-refractivity contribution >= 4 is 21.9 Å². The van der Waals surface area contributed by atoms with E-state index in [4.69, 9.17) is 34.3 Å². The number of nitrogens with zero attached hydrogens (tertiary/aromatic N) is 10. The molecular weight excluding hydrogens is 1770 g/mol. The van der Waals surface area contributed by atoms with Gasteiger partial charge in [0.05, 0.1) is 34.2 Å². The number of rotatable bonds is 20. The third-order valence-corrected chi connectivity index (χ3v) is 26.1. The second-order valence-electron chi connectivity index (χ2n) is 35.5. The van der Waals surface area contributed by atoms with Gasteiger partial charge in [0.15, 0.2) is 17.5 Å². The number of hydrogen-bond donors (Lipinski definition) is 0. The van der Waals surface area contributed by atoms with Crippen LogP contribution in [0.3, 0.4) is 0 Å². The van der Waals surface area contributed by atoms with E-state index >= 15 is 0 Å². The highest BCUT2D eigenvalue weighted by Crippen LogP contribution is 2.42. The number of pyridine rings is 4. The van der Waals surface area contributed by atoms with Crippen LogP contribution in [-0.4, -0.2) is 49.8 Å². The summed E-state index contributed by atoms with van der Waals surface area (Å²) in [4.78, 5) is 47.9. The Hall–Kier alpha value is -19.6. The van der Waals surface area contributed by atoms with Gasteiger partial charge in [0, 0.05) is 122 Å². The molecule has 145 heavy (non-hydrogen) atoms. The molecule has 0 atom stereocenters. The van der Waals surface area contributed by atoms with Crippen LogP contribution in [0.5, 0.6) is 0 Å². The zero-order valence-corrected chi connectivity index (χ0v) is 78.8. The van der Waals surface area contributed by atoms with E-state index in [1.807, 2.05) is 85.5 Å². The first-order valence-electron chi connectivity index (χ1n) is 48.4. The molecule has 0 saturated carbocycles. The number of benzene rings is 17. The van der Waals surface area contributed by atoms with E-state index in [-0.39, 0.29) is 0 Å². The van der Waals surface area contributed by atoms with Gasteiger partial charge in [-0.05, 0) is 190 Å². The molecule has 0 radical (unpaired) electrons. The van der Waals surface area contributed by atoms with Gasteiger partial charge in [0.1, 0.15) is 11.2 Å². The Kier molecular flexibility index (Phi) is 25.6. The van der Waals surface area contributed by atoms with Crippen LogP contribution < -0.4 is 0 Å². The fraction of sp³-hybridized carbons (Fsp3) is 0. The van der Waals surface area contributed by atoms with Gasteiger partial charge in [-0.3, -0.25) is 19.9 Å². The average molecular weight is 1860 g/mol. The molecule has 0 fully saturated rings. The van der Waals surface area contributed by atoms with Gasteiger partial charge in [-0.1, -0.05) is 419 Å². The smallest absolute Gasteiger partial charge is 0.160 e. The highest BCUT2D eigenvalue weighted by atomic mass is 16.3. The minimum Gasteiger partial charge on any atom is -0.455 e. The van der Waals surface area contributed by atoms with Crippen molar-refractivity contribution in [1.82, 2.24) is 49.8 Å². The quantitative estimate of drug-likeness (QED) is 0.0720. The van der Waals surface area contributed by atoms with Crippen molar-refractivity contribution in [1.29, 1.82) is 0 Å². The molecule has 8 heterocycles. The molecule has 0 aliphatic heterocycles. The van der Waals surface area contributed by atoms with E-state index in [0.717, 1.165) is 190 Å². The molecule has 682 valence electrons. The van der Waals surface area contributed by atoms with Crippen molar-refractivity contribution in [2.24, 2.45) is 0 Å². The third-order valence-electron chi connectivity index (χ3n) is 26.1. The number of fused-ring (bicyclic) bond motifs is 3. The van der Waals surface area contributed by atoms with Crippen molar-refractivity contribution in [2.75, 3.05) is 0 Å². The van der Waals surface area contributed by atoms with Gasteiger partial charge in [-0.2, -0.15) is 0 Å². The van der Waals surface area contributed by atoms with E-state index in [0.29, 0.717) is 17.5 Å². The van der Waals surface area contributed by atoms with Gasteiger partial charge in [0.25, 0.3) is 0 Å². The predicted molar refractivity (Wildman–Crippen MR) is 593 cm³/mol. The summed E-state index contributed by atoms with van der Waals surface area (Å²) < 4.78 is 6.39. The van der Waals surface area contributed by atoms with E-state index < -0.39 is 0 Å². The van der Waals surface area contributed by atoms with E-state index in [1.165, 1.54) is 38.9 Å². The number of aromatic nitrogens is 10. The molecule has 0 unspecified atom stereocenters. The van der Waals surface area contributed by atoms with Crippen LogP contribution in [0.15, 0.2) is 551 Å². The topological polar surface area (TPSA) is 142 Å². The minimum absolute atomic E-state index is 0.669. The van der Waals surface area contributed by atoms with Gasteiger partial charge in [-0.25, -0.2) is 29.9 Å². The van der Waals surface area contributed by atoms with Gasteiger partial charge < -0.3 is 4.42 Å². The first-order valence-corrected chi connectivity index (χ1v) is 48.4. The van der Waals surface area contributed by atoms with E-state index in [2.05, 4.69) is 457 Å². The summed E-state index contributed by atoms with van der Waals surface area (Å²) in [6, 6.07) is 173. The SMILES string of the molecule is c1ccc(-c2ccc(-c3cc(-c4cccc(-c5cccc(-c6ccccc6)c5)c4)nc(-c4ccc(-c5cccnc5)cc4)n3)cc2)cc1.c1ccc(-c2ccc(-c3cc(-c4cccc(-c5cccc(-c6cccnc6)c5)c4)nc(-c4ccc(-c5cccnc5)cc4)n3)cc2)cc1.c1ccc(-c2ccc(-c3cc(-c4cccc(-c5cccc6c5oc5ccccc56)c4)nc(-c4ccc(-c5cccnc5)cc4)n3)cc2)cc1. The molecule has 0 aliphatic rings. The fourth-order valence-corrected chi connectivity index (χ4v) is 18.5. The molecule has 0 spiro atoms. The van der Waals surface area contributed by atoms with Crippen molar-refractivity contribution in [2.45, 2.75) is 0 Å². The molecule has 0 amide bonds. The maximum Gasteiger partial charge on any atom is 0.160 e. The number of hydrogen-bond acceptors (Lipinski definition) is 11. The molecule has 8 aromatic heterocycles. The lowest BCUT2D eigenvalue weighted by atomic mass is 9.97. The summed E-state index contributed by atoms with van der Waals surface area (Å²) in [5.41, 5.74) is 40.9. The Morgan fingerprint density at radius 3 is 0.662 bits per heavy atom. The molecule has 0 bridgehead atoms. The van der Waals surface area contributed by atoms with E-state index in [9.17, 15) is 0 Å². The van der Waals surface area contributed by atoms with Gasteiger partial charge in [0.2, 0.25) is 0 Å². The molecule has 11 nitrogen and oxygen atoms in total. The second kappa shape index (κ2) is 41.6.